The van der Waals surface area contributed by atoms with Crippen LogP contribution in [0.2, 0.25) is 0 Å². The molecule has 4 rings (SSSR count). The number of aliphatic imine (C=N–C) groups is 1. The Morgan fingerprint density at radius 2 is 2.12 bits per heavy atom. The van der Waals surface area contributed by atoms with Gasteiger partial charge in [-0.15, -0.1) is 0 Å². The van der Waals surface area contributed by atoms with Crippen molar-refractivity contribution in [1.82, 2.24) is 4.98 Å². The predicted octanol–water partition coefficient (Wildman–Crippen LogP) is 3.19. The van der Waals surface area contributed by atoms with E-state index in [0.717, 1.165) is 46.8 Å². The van der Waals surface area contributed by atoms with Crippen molar-refractivity contribution in [1.29, 1.82) is 0 Å². The molecule has 5 nitrogen and oxygen atoms in total. The average Bonchev–Trinajstić information content (AvgIpc) is 2.62. The number of thioether (sulfide) groups is 1. The number of amidine groups is 1. The molecular weight excluding hydrogens is 322 g/mol. The van der Waals surface area contributed by atoms with E-state index in [1.54, 1.807) is 25.1 Å². The molecule has 6 heteroatoms. The van der Waals surface area contributed by atoms with Crippen LogP contribution in [0.5, 0.6) is 11.5 Å². The summed E-state index contributed by atoms with van der Waals surface area (Å²) in [5.41, 5.74) is 8.99. The third kappa shape index (κ3) is 2.60. The average molecular weight is 341 g/mol. The van der Waals surface area contributed by atoms with Gasteiger partial charge in [-0.05, 0) is 30.2 Å². The lowest BCUT2D eigenvalue weighted by atomic mass is 9.81. The lowest BCUT2D eigenvalue weighted by Gasteiger charge is -2.38. The molecule has 0 saturated carbocycles. The number of hydrogen-bond acceptors (Lipinski definition) is 6. The number of ether oxygens (including phenoxy) is 2. The fourth-order valence-corrected chi connectivity index (χ4v) is 4.24. The van der Waals surface area contributed by atoms with Gasteiger partial charge in [-0.2, -0.15) is 0 Å². The van der Waals surface area contributed by atoms with Crippen LogP contribution in [0.1, 0.15) is 18.4 Å². The molecule has 0 bridgehead atoms. The standard InChI is InChI=1S/C18H19N3O2S/c1-22-14-8-13(10-20-11-14)12-2-3-16-15(9-12)18(4-6-23-16)5-7-24-17(19)21-18/h2-3,8-11H,4-7H2,1H3,(H2,19,21). The molecular formula is C18H19N3O2S. The first kappa shape index (κ1) is 15.3. The summed E-state index contributed by atoms with van der Waals surface area (Å²) in [4.78, 5) is 9.07. The molecule has 0 radical (unpaired) electrons. The molecule has 2 N–H and O–H groups in total. The van der Waals surface area contributed by atoms with Gasteiger partial charge in [0.1, 0.15) is 11.5 Å². The zero-order valence-electron chi connectivity index (χ0n) is 13.5. The zero-order valence-corrected chi connectivity index (χ0v) is 14.3. The number of hydrogen-bond donors (Lipinski definition) is 1. The fraction of sp³-hybridized carbons (Fsp3) is 0.333. The van der Waals surface area contributed by atoms with Crippen LogP contribution in [0.3, 0.4) is 0 Å². The van der Waals surface area contributed by atoms with Crippen LogP contribution in [0.25, 0.3) is 11.1 Å². The van der Waals surface area contributed by atoms with E-state index in [1.165, 1.54) is 0 Å². The largest absolute Gasteiger partial charge is 0.495 e. The van der Waals surface area contributed by atoms with E-state index in [0.29, 0.717) is 11.8 Å². The number of aromatic nitrogens is 1. The van der Waals surface area contributed by atoms with E-state index in [2.05, 4.69) is 17.1 Å². The van der Waals surface area contributed by atoms with E-state index in [-0.39, 0.29) is 5.54 Å². The molecule has 0 aliphatic carbocycles. The molecule has 0 saturated heterocycles. The van der Waals surface area contributed by atoms with Crippen molar-refractivity contribution in [2.45, 2.75) is 18.4 Å². The summed E-state index contributed by atoms with van der Waals surface area (Å²) in [7, 11) is 1.65. The third-order valence-electron chi connectivity index (χ3n) is 4.63. The minimum Gasteiger partial charge on any atom is -0.495 e. The van der Waals surface area contributed by atoms with Gasteiger partial charge < -0.3 is 15.2 Å². The SMILES string of the molecule is COc1cncc(-c2ccc3c(c2)C2(CCO3)CCSC(N)=N2)c1. The first-order valence-corrected chi connectivity index (χ1v) is 8.94. The van der Waals surface area contributed by atoms with Gasteiger partial charge in [-0.1, -0.05) is 17.8 Å². The molecule has 1 aromatic carbocycles. The predicted molar refractivity (Wildman–Crippen MR) is 96.7 cm³/mol. The highest BCUT2D eigenvalue weighted by Crippen LogP contribution is 2.46. The maximum Gasteiger partial charge on any atom is 0.154 e. The van der Waals surface area contributed by atoms with Crippen LogP contribution in [0.15, 0.2) is 41.7 Å². The monoisotopic (exact) mass is 341 g/mol. The molecule has 3 heterocycles. The maximum absolute atomic E-state index is 6.03. The Hall–Kier alpha value is -2.21. The highest BCUT2D eigenvalue weighted by molar-refractivity contribution is 8.13. The zero-order chi connectivity index (χ0) is 16.6. The smallest absolute Gasteiger partial charge is 0.154 e. The van der Waals surface area contributed by atoms with E-state index in [9.17, 15) is 0 Å². The summed E-state index contributed by atoms with van der Waals surface area (Å²) in [6.45, 7) is 0.675. The van der Waals surface area contributed by atoms with Crippen LogP contribution in [-0.2, 0) is 5.54 Å². The lowest BCUT2D eigenvalue weighted by molar-refractivity contribution is 0.214. The van der Waals surface area contributed by atoms with Gasteiger partial charge in [0, 0.05) is 29.5 Å². The van der Waals surface area contributed by atoms with Gasteiger partial charge >= 0.3 is 0 Å². The molecule has 1 atom stereocenters. The number of nitrogens with two attached hydrogens (primary N) is 1. The van der Waals surface area contributed by atoms with Gasteiger partial charge in [0.25, 0.3) is 0 Å². The van der Waals surface area contributed by atoms with Crippen molar-refractivity contribution in [2.75, 3.05) is 19.5 Å². The van der Waals surface area contributed by atoms with E-state index in [4.69, 9.17) is 20.2 Å². The Bertz CT molecular complexity index is 809. The second-order valence-corrected chi connectivity index (χ2v) is 7.12. The molecule has 1 aromatic heterocycles. The minimum atomic E-state index is -0.259. The molecule has 2 aromatic rings. The Labute approximate surface area is 145 Å². The van der Waals surface area contributed by atoms with Crippen molar-refractivity contribution >= 4 is 16.9 Å². The van der Waals surface area contributed by atoms with Crippen molar-refractivity contribution in [3.63, 3.8) is 0 Å². The first-order chi connectivity index (χ1) is 11.7. The number of fused-ring (bicyclic) bond motifs is 2. The Morgan fingerprint density at radius 3 is 2.96 bits per heavy atom. The number of methoxy groups -OCH3 is 1. The fourth-order valence-electron chi connectivity index (χ4n) is 3.35. The molecule has 124 valence electrons. The number of benzene rings is 1. The molecule has 0 amide bonds. The first-order valence-electron chi connectivity index (χ1n) is 7.95. The van der Waals surface area contributed by atoms with Crippen LogP contribution >= 0.6 is 11.8 Å². The van der Waals surface area contributed by atoms with Crippen molar-refractivity contribution < 1.29 is 9.47 Å². The van der Waals surface area contributed by atoms with Gasteiger partial charge in [0.05, 0.1) is 25.5 Å². The Morgan fingerprint density at radius 1 is 1.21 bits per heavy atom. The van der Waals surface area contributed by atoms with Gasteiger partial charge in [0.2, 0.25) is 0 Å². The van der Waals surface area contributed by atoms with Gasteiger partial charge in [0.15, 0.2) is 5.17 Å². The van der Waals surface area contributed by atoms with E-state index >= 15 is 0 Å². The van der Waals surface area contributed by atoms with Crippen LogP contribution in [0, 0.1) is 0 Å². The normalized spacial score (nSPS) is 22.5. The van der Waals surface area contributed by atoms with Crippen molar-refractivity contribution in [3.8, 4) is 22.6 Å². The van der Waals surface area contributed by atoms with E-state index < -0.39 is 0 Å². The summed E-state index contributed by atoms with van der Waals surface area (Å²) < 4.78 is 11.1. The number of pyridine rings is 1. The second-order valence-electron chi connectivity index (χ2n) is 6.00. The highest BCUT2D eigenvalue weighted by atomic mass is 32.2. The van der Waals surface area contributed by atoms with Gasteiger partial charge in [-0.3, -0.25) is 9.98 Å². The Kier molecular flexibility index (Phi) is 3.84. The Balaban J connectivity index is 1.82. The maximum atomic E-state index is 6.03. The number of rotatable bonds is 2. The minimum absolute atomic E-state index is 0.259. The summed E-state index contributed by atoms with van der Waals surface area (Å²) in [6.07, 6.45) is 5.39. The van der Waals surface area contributed by atoms with Crippen molar-refractivity contribution in [3.05, 3.63) is 42.2 Å². The summed E-state index contributed by atoms with van der Waals surface area (Å²) in [6, 6.07) is 8.23. The second kappa shape index (κ2) is 6.02. The molecule has 2 aliphatic rings. The summed E-state index contributed by atoms with van der Waals surface area (Å²) >= 11 is 1.63. The van der Waals surface area contributed by atoms with Crippen LogP contribution in [0.4, 0.5) is 0 Å². The van der Waals surface area contributed by atoms with Crippen LogP contribution < -0.4 is 15.2 Å². The molecule has 0 fully saturated rings. The number of nitrogens with zero attached hydrogens (tertiary/aromatic N) is 2. The highest BCUT2D eigenvalue weighted by Gasteiger charge is 2.39. The van der Waals surface area contributed by atoms with E-state index in [1.807, 2.05) is 18.3 Å². The van der Waals surface area contributed by atoms with Crippen LogP contribution in [-0.4, -0.2) is 29.6 Å². The van der Waals surface area contributed by atoms with Gasteiger partial charge in [-0.25, -0.2) is 0 Å². The summed E-state index contributed by atoms with van der Waals surface area (Å²) in [5.74, 6) is 2.64. The lowest BCUT2D eigenvalue weighted by Crippen LogP contribution is -2.36. The molecule has 1 spiro atoms. The third-order valence-corrected chi connectivity index (χ3v) is 5.42. The van der Waals surface area contributed by atoms with Crippen molar-refractivity contribution in [2.24, 2.45) is 10.7 Å². The molecule has 1 unspecified atom stereocenters. The quantitative estimate of drug-likeness (QED) is 0.908. The molecule has 24 heavy (non-hydrogen) atoms. The summed E-state index contributed by atoms with van der Waals surface area (Å²) in [5, 5.41) is 0.669. The molecule has 2 aliphatic heterocycles. The topological polar surface area (TPSA) is 69.7 Å².